The van der Waals surface area contributed by atoms with E-state index >= 15 is 0 Å². The van der Waals surface area contributed by atoms with Gasteiger partial charge in [0.2, 0.25) is 0 Å². The molecule has 5 nitrogen and oxygen atoms in total. The number of hydrogen-bond acceptors (Lipinski definition) is 4. The van der Waals surface area contributed by atoms with Crippen LogP contribution in [0.3, 0.4) is 0 Å². The lowest BCUT2D eigenvalue weighted by atomic mass is 10.0. The second-order valence-corrected chi connectivity index (χ2v) is 6.51. The van der Waals surface area contributed by atoms with Crippen molar-refractivity contribution in [3.8, 4) is 0 Å². The highest BCUT2D eigenvalue weighted by molar-refractivity contribution is 5.86. The van der Waals surface area contributed by atoms with Crippen molar-refractivity contribution in [2.45, 2.75) is 38.6 Å². The standard InChI is InChI=1S/C16H21F3N2O3/c1-15(2,3)24-14(22)21-12-8-10(16(17,18)19)4-5-11(12)13-9-23-7-6-20-13/h4-5,8,13,20H,6-7,9H2,1-3H3,(H,21,22). The van der Waals surface area contributed by atoms with E-state index in [-0.39, 0.29) is 11.7 Å². The van der Waals surface area contributed by atoms with Crippen molar-refractivity contribution in [3.63, 3.8) is 0 Å². The summed E-state index contributed by atoms with van der Waals surface area (Å²) in [6.45, 7) is 6.46. The highest BCUT2D eigenvalue weighted by Crippen LogP contribution is 2.34. The monoisotopic (exact) mass is 346 g/mol. The van der Waals surface area contributed by atoms with Crippen LogP contribution in [-0.2, 0) is 15.7 Å². The van der Waals surface area contributed by atoms with Crippen molar-refractivity contribution in [3.05, 3.63) is 29.3 Å². The van der Waals surface area contributed by atoms with Crippen LogP contribution in [0.5, 0.6) is 0 Å². The van der Waals surface area contributed by atoms with Gasteiger partial charge < -0.3 is 14.8 Å². The first-order chi connectivity index (χ1) is 11.1. The minimum absolute atomic E-state index is 0.0575. The van der Waals surface area contributed by atoms with Gasteiger partial charge in [-0.15, -0.1) is 0 Å². The second kappa shape index (κ2) is 6.98. The van der Waals surface area contributed by atoms with Crippen LogP contribution in [0.2, 0.25) is 0 Å². The number of halogens is 3. The van der Waals surface area contributed by atoms with Gasteiger partial charge in [-0.2, -0.15) is 13.2 Å². The molecule has 8 heteroatoms. The summed E-state index contributed by atoms with van der Waals surface area (Å²) in [5.41, 5.74) is -1.01. The van der Waals surface area contributed by atoms with E-state index in [1.807, 2.05) is 0 Å². The van der Waals surface area contributed by atoms with Crippen LogP contribution in [0.25, 0.3) is 0 Å². The molecule has 1 fully saturated rings. The van der Waals surface area contributed by atoms with E-state index in [9.17, 15) is 18.0 Å². The van der Waals surface area contributed by atoms with Crippen LogP contribution in [0.15, 0.2) is 18.2 Å². The van der Waals surface area contributed by atoms with Gasteiger partial charge in [-0.05, 0) is 38.5 Å². The molecular weight excluding hydrogens is 325 g/mol. The smallest absolute Gasteiger partial charge is 0.416 e. The summed E-state index contributed by atoms with van der Waals surface area (Å²) in [7, 11) is 0. The topological polar surface area (TPSA) is 59.6 Å². The number of rotatable bonds is 2. The fourth-order valence-electron chi connectivity index (χ4n) is 2.32. The minimum Gasteiger partial charge on any atom is -0.444 e. The molecule has 0 radical (unpaired) electrons. The molecule has 0 saturated carbocycles. The molecule has 2 rings (SSSR count). The molecule has 0 aliphatic carbocycles. The van der Waals surface area contributed by atoms with E-state index in [1.165, 1.54) is 6.07 Å². The highest BCUT2D eigenvalue weighted by atomic mass is 19.4. The molecule has 1 saturated heterocycles. The number of benzene rings is 1. The molecule has 0 bridgehead atoms. The Hall–Kier alpha value is -1.80. The molecular formula is C16H21F3N2O3. The molecule has 1 aliphatic rings. The summed E-state index contributed by atoms with van der Waals surface area (Å²) in [5, 5.41) is 5.58. The minimum atomic E-state index is -4.50. The summed E-state index contributed by atoms with van der Waals surface area (Å²) in [6.07, 6.45) is -5.31. The maximum Gasteiger partial charge on any atom is 0.416 e. The molecule has 24 heavy (non-hydrogen) atoms. The Kier molecular flexibility index (Phi) is 5.39. The quantitative estimate of drug-likeness (QED) is 0.857. The molecule has 1 unspecified atom stereocenters. The van der Waals surface area contributed by atoms with Crippen LogP contribution >= 0.6 is 0 Å². The van der Waals surface area contributed by atoms with Gasteiger partial charge in [0, 0.05) is 12.2 Å². The molecule has 134 valence electrons. The Morgan fingerprint density at radius 1 is 1.33 bits per heavy atom. The normalized spacial score (nSPS) is 19.0. The number of nitrogens with one attached hydrogen (secondary N) is 2. The van der Waals surface area contributed by atoms with Gasteiger partial charge in [0.25, 0.3) is 0 Å². The number of carbonyl (C=O) groups is 1. The Labute approximate surface area is 138 Å². The molecule has 0 spiro atoms. The Morgan fingerprint density at radius 3 is 2.58 bits per heavy atom. The average Bonchev–Trinajstić information content (AvgIpc) is 2.45. The van der Waals surface area contributed by atoms with Crippen molar-refractivity contribution < 1.29 is 27.4 Å². The van der Waals surface area contributed by atoms with Crippen molar-refractivity contribution in [2.75, 3.05) is 25.1 Å². The fourth-order valence-corrected chi connectivity index (χ4v) is 2.32. The molecule has 1 aliphatic heterocycles. The van der Waals surface area contributed by atoms with Crippen LogP contribution in [0.1, 0.15) is 37.9 Å². The highest BCUT2D eigenvalue weighted by Gasteiger charge is 2.32. The third kappa shape index (κ3) is 5.10. The van der Waals surface area contributed by atoms with Crippen LogP contribution < -0.4 is 10.6 Å². The lowest BCUT2D eigenvalue weighted by molar-refractivity contribution is -0.137. The maximum atomic E-state index is 13.0. The zero-order chi connectivity index (χ0) is 18.0. The molecule has 1 heterocycles. The molecule has 2 N–H and O–H groups in total. The first-order valence-electron chi connectivity index (χ1n) is 7.58. The zero-order valence-corrected chi connectivity index (χ0v) is 13.8. The van der Waals surface area contributed by atoms with Gasteiger partial charge in [0.15, 0.2) is 0 Å². The van der Waals surface area contributed by atoms with E-state index in [1.54, 1.807) is 20.8 Å². The number of carbonyl (C=O) groups excluding carboxylic acids is 1. The summed E-state index contributed by atoms with van der Waals surface area (Å²) in [6, 6.07) is 2.95. The van der Waals surface area contributed by atoms with E-state index in [0.717, 1.165) is 12.1 Å². The van der Waals surface area contributed by atoms with Gasteiger partial charge in [0.05, 0.1) is 24.8 Å². The number of hydrogen-bond donors (Lipinski definition) is 2. The van der Waals surface area contributed by atoms with Crippen LogP contribution in [0.4, 0.5) is 23.7 Å². The number of anilines is 1. The van der Waals surface area contributed by atoms with Gasteiger partial charge in [-0.1, -0.05) is 6.07 Å². The lowest BCUT2D eigenvalue weighted by Crippen LogP contribution is -2.35. The maximum absolute atomic E-state index is 13.0. The Balaban J connectivity index is 2.30. The van der Waals surface area contributed by atoms with Gasteiger partial charge in [-0.3, -0.25) is 5.32 Å². The van der Waals surface area contributed by atoms with Crippen LogP contribution in [0, 0.1) is 0 Å². The average molecular weight is 346 g/mol. The van der Waals surface area contributed by atoms with Gasteiger partial charge in [0.1, 0.15) is 5.60 Å². The molecule has 1 aromatic rings. The fraction of sp³-hybridized carbons (Fsp3) is 0.562. The summed E-state index contributed by atoms with van der Waals surface area (Å²) in [5.74, 6) is 0. The Bertz CT molecular complexity index is 591. The predicted octanol–water partition coefficient (Wildman–Crippen LogP) is 3.71. The Morgan fingerprint density at radius 2 is 2.04 bits per heavy atom. The van der Waals surface area contributed by atoms with Gasteiger partial charge in [-0.25, -0.2) is 4.79 Å². The summed E-state index contributed by atoms with van der Waals surface area (Å²) in [4.78, 5) is 12.0. The van der Waals surface area contributed by atoms with Crippen LogP contribution in [-0.4, -0.2) is 31.5 Å². The number of ether oxygens (including phenoxy) is 2. The van der Waals surface area contributed by atoms with Crippen molar-refractivity contribution in [2.24, 2.45) is 0 Å². The first kappa shape index (κ1) is 18.5. The van der Waals surface area contributed by atoms with E-state index in [0.29, 0.717) is 25.3 Å². The molecule has 0 aromatic heterocycles. The third-order valence-electron chi connectivity index (χ3n) is 3.31. The SMILES string of the molecule is CC(C)(C)OC(=O)Nc1cc(C(F)(F)F)ccc1C1COCCN1. The van der Waals surface area contributed by atoms with E-state index < -0.39 is 23.4 Å². The largest absolute Gasteiger partial charge is 0.444 e. The zero-order valence-electron chi connectivity index (χ0n) is 13.8. The number of alkyl halides is 3. The van der Waals surface area contributed by atoms with E-state index in [2.05, 4.69) is 10.6 Å². The van der Waals surface area contributed by atoms with E-state index in [4.69, 9.17) is 9.47 Å². The van der Waals surface area contributed by atoms with Crippen molar-refractivity contribution in [1.82, 2.24) is 5.32 Å². The number of morpholine rings is 1. The third-order valence-corrected chi connectivity index (χ3v) is 3.31. The van der Waals surface area contributed by atoms with Crippen molar-refractivity contribution in [1.29, 1.82) is 0 Å². The summed E-state index contributed by atoms with van der Waals surface area (Å²) < 4.78 is 49.4. The number of amides is 1. The first-order valence-corrected chi connectivity index (χ1v) is 7.58. The second-order valence-electron chi connectivity index (χ2n) is 6.51. The summed E-state index contributed by atoms with van der Waals surface area (Å²) >= 11 is 0. The molecule has 1 amide bonds. The van der Waals surface area contributed by atoms with Crippen molar-refractivity contribution >= 4 is 11.8 Å². The predicted molar refractivity (Wildman–Crippen MR) is 82.9 cm³/mol. The lowest BCUT2D eigenvalue weighted by Gasteiger charge is -2.27. The molecule has 1 aromatic carbocycles. The van der Waals surface area contributed by atoms with Gasteiger partial charge >= 0.3 is 12.3 Å². The molecule has 1 atom stereocenters.